The van der Waals surface area contributed by atoms with Gasteiger partial charge in [0.2, 0.25) is 0 Å². The van der Waals surface area contributed by atoms with E-state index in [1.54, 1.807) is 0 Å². The van der Waals surface area contributed by atoms with E-state index < -0.39 is 0 Å². The van der Waals surface area contributed by atoms with Gasteiger partial charge in [0, 0.05) is 33.3 Å². The third-order valence-corrected chi connectivity index (χ3v) is 7.40. The molecular weight excluding hydrogens is 468 g/mol. The predicted octanol–water partition coefficient (Wildman–Crippen LogP) is 8.18. The summed E-state index contributed by atoms with van der Waals surface area (Å²) in [4.78, 5) is 0. The Morgan fingerprint density at radius 2 is 0.688 bits per heavy atom. The molecule has 0 saturated carbocycles. The van der Waals surface area contributed by atoms with Crippen LogP contribution in [-0.2, 0) is 26.2 Å². The molecule has 4 aromatic carbocycles. The van der Waals surface area contributed by atoms with Crippen LogP contribution >= 0.6 is 0 Å². The van der Waals surface area contributed by atoms with Gasteiger partial charge in [0.1, 0.15) is 0 Å². The van der Waals surface area contributed by atoms with E-state index in [0.717, 1.165) is 7.11 Å². The Balaban J connectivity index is 0.000000199. The van der Waals surface area contributed by atoms with Crippen molar-refractivity contribution in [3.63, 3.8) is 0 Å². The van der Waals surface area contributed by atoms with Crippen molar-refractivity contribution in [2.45, 2.75) is 51.4 Å². The second-order valence-electron chi connectivity index (χ2n) is 8.74. The molecule has 0 bridgehead atoms. The van der Waals surface area contributed by atoms with E-state index in [2.05, 4.69) is 100 Å². The van der Waals surface area contributed by atoms with Gasteiger partial charge in [-0.25, -0.2) is 0 Å². The Hall–Kier alpha value is -1.76. The second kappa shape index (κ2) is 10.9. The number of hydrogen-bond acceptors (Lipinski definition) is 1. The molecule has 1 nitrogen and oxygen atoms in total. The second-order valence-corrected chi connectivity index (χ2v) is 8.74. The molecule has 0 spiro atoms. The van der Waals surface area contributed by atoms with Gasteiger partial charge in [-0.05, 0) is 67.5 Å². The maximum absolute atomic E-state index is 7.00. The van der Waals surface area contributed by atoms with Gasteiger partial charge in [-0.1, -0.05) is 100 Å². The minimum atomic E-state index is 0. The summed E-state index contributed by atoms with van der Waals surface area (Å²) in [6.07, 6.45) is 0. The fourth-order valence-corrected chi connectivity index (χ4v) is 5.39. The normalized spacial score (nSPS) is 21.6. The van der Waals surface area contributed by atoms with E-state index in [0.29, 0.717) is 23.7 Å². The van der Waals surface area contributed by atoms with Gasteiger partial charge in [-0.2, -0.15) is 0 Å². The number of aliphatic hydroxyl groups excluding tert-OH is 1. The molecule has 2 heteroatoms. The van der Waals surface area contributed by atoms with Crippen LogP contribution in [0.15, 0.2) is 72.8 Å². The van der Waals surface area contributed by atoms with Gasteiger partial charge in [-0.15, -0.1) is 0 Å². The topological polar surface area (TPSA) is 20.2 Å². The summed E-state index contributed by atoms with van der Waals surface area (Å²) >= 11 is 0. The average Bonchev–Trinajstić information content (AvgIpc) is 3.20. The number of aliphatic hydroxyl groups is 1. The number of benzene rings is 4. The molecule has 0 heterocycles. The molecule has 0 saturated heterocycles. The summed E-state index contributed by atoms with van der Waals surface area (Å²) in [6.45, 7) is 9.33. The van der Waals surface area contributed by atoms with Gasteiger partial charge in [0.25, 0.3) is 0 Å². The molecule has 32 heavy (non-hydrogen) atoms. The first-order chi connectivity index (χ1) is 14.6. The van der Waals surface area contributed by atoms with Crippen molar-refractivity contribution in [1.29, 1.82) is 0 Å². The zero-order valence-corrected chi connectivity index (χ0v) is 22.6. The summed E-state index contributed by atoms with van der Waals surface area (Å²) in [6, 6.07) is 26.7. The van der Waals surface area contributed by atoms with Gasteiger partial charge in [0.15, 0.2) is 0 Å². The average molecular weight is 503 g/mol. The monoisotopic (exact) mass is 501 g/mol. The van der Waals surface area contributed by atoms with Crippen LogP contribution in [0.1, 0.15) is 73.6 Å². The molecule has 0 radical (unpaired) electrons. The molecule has 4 aromatic rings. The van der Waals surface area contributed by atoms with E-state index in [1.807, 2.05) is 0 Å². The Kier molecular flexibility index (Phi) is 9.03. The van der Waals surface area contributed by atoms with E-state index >= 15 is 0 Å². The first kappa shape index (κ1) is 26.5. The van der Waals surface area contributed by atoms with Gasteiger partial charge in [-0.3, -0.25) is 0 Å². The Labute approximate surface area is 213 Å². The maximum Gasteiger partial charge on any atom is 0.0319 e. The van der Waals surface area contributed by atoms with Crippen LogP contribution in [-0.4, -0.2) is 12.2 Å². The van der Waals surface area contributed by atoms with Crippen molar-refractivity contribution >= 4 is 21.5 Å². The first-order valence-corrected chi connectivity index (χ1v) is 11.1. The maximum atomic E-state index is 7.00. The summed E-state index contributed by atoms with van der Waals surface area (Å²) < 4.78 is 0. The quantitative estimate of drug-likeness (QED) is 0.240. The summed E-state index contributed by atoms with van der Waals surface area (Å²) in [5.74, 6) is 2.71. The van der Waals surface area contributed by atoms with Crippen LogP contribution < -0.4 is 0 Å². The molecule has 0 fully saturated rings. The fraction of sp³-hybridized carbons (Fsp3) is 0.300. The van der Waals surface area contributed by atoms with Gasteiger partial charge < -0.3 is 12.5 Å². The fourth-order valence-electron chi connectivity index (χ4n) is 5.39. The third-order valence-electron chi connectivity index (χ3n) is 7.40. The van der Waals surface area contributed by atoms with Crippen molar-refractivity contribution in [3.8, 4) is 0 Å². The minimum Gasteiger partial charge on any atom is -0.400 e. The third kappa shape index (κ3) is 4.25. The van der Waals surface area contributed by atoms with Crippen LogP contribution in [0.25, 0.3) is 21.5 Å². The molecule has 166 valence electrons. The van der Waals surface area contributed by atoms with Crippen molar-refractivity contribution < 1.29 is 31.3 Å². The van der Waals surface area contributed by atoms with Crippen molar-refractivity contribution in [2.24, 2.45) is 0 Å². The SMILES string of the molecule is CC1c2cccc3cccc(c23)C1C.CC1c2cccc3cccc(c23)C1C.CO.[CH3-].[Zr]. The van der Waals surface area contributed by atoms with E-state index in [-0.39, 0.29) is 33.6 Å². The van der Waals surface area contributed by atoms with E-state index in [9.17, 15) is 0 Å². The molecule has 1 N–H and O–H groups in total. The standard InChI is InChI=1S/2C14H14.CH4O.CH3.Zr/c2*1-9-10(2)13-8-4-6-11-5-3-7-12(9)14(11)13;1-2;;/h2*3-10H,1-2H3;2H,1H3;1H3;/q;;;-1;. The van der Waals surface area contributed by atoms with Crippen LogP contribution in [0.5, 0.6) is 0 Å². The van der Waals surface area contributed by atoms with Crippen LogP contribution in [0.2, 0.25) is 0 Å². The van der Waals surface area contributed by atoms with Crippen LogP contribution in [0.3, 0.4) is 0 Å². The van der Waals surface area contributed by atoms with Gasteiger partial charge >= 0.3 is 0 Å². The molecule has 4 unspecified atom stereocenters. The summed E-state index contributed by atoms with van der Waals surface area (Å²) in [7, 11) is 1.00. The molecule has 6 rings (SSSR count). The number of rotatable bonds is 0. The van der Waals surface area contributed by atoms with E-state index in [4.69, 9.17) is 5.11 Å². The zero-order chi connectivity index (χ0) is 21.4. The zero-order valence-electron chi connectivity index (χ0n) is 20.2. The predicted molar refractivity (Wildman–Crippen MR) is 136 cm³/mol. The molecule has 4 atom stereocenters. The summed E-state index contributed by atoms with van der Waals surface area (Å²) in [5, 5.41) is 12.8. The molecule has 0 aromatic heterocycles. The number of hydrogen-bond donors (Lipinski definition) is 1. The first-order valence-electron chi connectivity index (χ1n) is 11.1. The van der Waals surface area contributed by atoms with Gasteiger partial charge in [0.05, 0.1) is 0 Å². The largest absolute Gasteiger partial charge is 0.400 e. The molecule has 0 aliphatic heterocycles. The van der Waals surface area contributed by atoms with Crippen molar-refractivity contribution in [3.05, 3.63) is 102 Å². The molecule has 0 amide bonds. The summed E-state index contributed by atoms with van der Waals surface area (Å²) in [5.41, 5.74) is 6.13. The Morgan fingerprint density at radius 3 is 0.906 bits per heavy atom. The van der Waals surface area contributed by atoms with Crippen LogP contribution in [0.4, 0.5) is 0 Å². The Morgan fingerprint density at radius 1 is 0.469 bits per heavy atom. The molecule has 2 aliphatic carbocycles. The molecular formula is C30H35OZr-. The van der Waals surface area contributed by atoms with Crippen molar-refractivity contribution in [1.82, 2.24) is 0 Å². The van der Waals surface area contributed by atoms with E-state index in [1.165, 1.54) is 43.8 Å². The van der Waals surface area contributed by atoms with Crippen LogP contribution in [0, 0.1) is 7.43 Å². The minimum absolute atomic E-state index is 0. The molecule has 2 aliphatic rings. The smallest absolute Gasteiger partial charge is 0.0319 e. The Bertz CT molecular complexity index is 1020. The van der Waals surface area contributed by atoms with Crippen molar-refractivity contribution in [2.75, 3.05) is 7.11 Å².